The van der Waals surface area contributed by atoms with Gasteiger partial charge in [0.1, 0.15) is 11.9 Å². The smallest absolute Gasteiger partial charge is 0.308 e. The summed E-state index contributed by atoms with van der Waals surface area (Å²) in [6, 6.07) is 3.77. The Labute approximate surface area is 222 Å². The summed E-state index contributed by atoms with van der Waals surface area (Å²) in [6.07, 6.45) is 11.8. The number of carbonyl (C=O) groups excluding carboxylic acids is 2. The van der Waals surface area contributed by atoms with E-state index in [9.17, 15) is 9.59 Å². The fourth-order valence-corrected chi connectivity index (χ4v) is 7.64. The molecule has 8 nitrogen and oxygen atoms in total. The number of rotatable bonds is 7. The zero-order valence-corrected chi connectivity index (χ0v) is 22.1. The van der Waals surface area contributed by atoms with Gasteiger partial charge in [-0.2, -0.15) is 0 Å². The van der Waals surface area contributed by atoms with Crippen LogP contribution in [0.5, 0.6) is 17.2 Å². The van der Waals surface area contributed by atoms with Crippen LogP contribution in [0.3, 0.4) is 0 Å². The van der Waals surface area contributed by atoms with E-state index in [-0.39, 0.29) is 35.5 Å². The predicted octanol–water partition coefficient (Wildman–Crippen LogP) is 3.98. The standard InChI is InChI=1S/C30H34N2O6/c1-5-12-32-13-11-30-21-7-8-22(31(3)26(34)9-6-19-10-14-36-17-19)29(30)38-28-25(35-4)16-24(37-18(2)33)20(27(28)30)15-23(21)32/h5-6,9-10,14,16-17,21-23,29H,1,7-8,11-13,15H2,2-4H3/b9-6+/t21-,22-,23+,29-,30-/m0/s1. The van der Waals surface area contributed by atoms with Gasteiger partial charge >= 0.3 is 5.97 Å². The lowest BCUT2D eigenvalue weighted by atomic mass is 9.51. The summed E-state index contributed by atoms with van der Waals surface area (Å²) in [5, 5.41) is 0. The van der Waals surface area contributed by atoms with Gasteiger partial charge in [-0.1, -0.05) is 6.08 Å². The van der Waals surface area contributed by atoms with E-state index in [2.05, 4.69) is 11.5 Å². The molecular formula is C30H34N2O6. The molecule has 4 aliphatic rings. The van der Waals surface area contributed by atoms with Crippen molar-refractivity contribution in [1.82, 2.24) is 9.80 Å². The predicted molar refractivity (Wildman–Crippen MR) is 141 cm³/mol. The molecule has 0 unspecified atom stereocenters. The lowest BCUT2D eigenvalue weighted by Crippen LogP contribution is -2.68. The second kappa shape index (κ2) is 9.34. The van der Waals surface area contributed by atoms with Gasteiger partial charge in [-0.3, -0.25) is 14.5 Å². The number of likely N-dealkylation sites (tertiary alicyclic amines) is 1. The number of nitrogens with zero attached hydrogens (tertiary/aromatic N) is 2. The number of esters is 1. The number of methoxy groups -OCH3 is 1. The van der Waals surface area contributed by atoms with Crippen LogP contribution >= 0.6 is 0 Å². The maximum atomic E-state index is 13.3. The van der Waals surface area contributed by atoms with Crippen LogP contribution in [-0.2, 0) is 21.4 Å². The van der Waals surface area contributed by atoms with E-state index in [4.69, 9.17) is 18.6 Å². The monoisotopic (exact) mass is 518 g/mol. The van der Waals surface area contributed by atoms with Crippen LogP contribution < -0.4 is 14.2 Å². The van der Waals surface area contributed by atoms with Crippen molar-refractivity contribution < 1.29 is 28.2 Å². The summed E-state index contributed by atoms with van der Waals surface area (Å²) in [5.41, 5.74) is 2.70. The maximum absolute atomic E-state index is 13.3. The number of likely N-dealkylation sites (N-methyl/N-ethyl adjacent to an activating group) is 1. The minimum Gasteiger partial charge on any atom is -0.493 e. The summed E-state index contributed by atoms with van der Waals surface area (Å²) in [6.45, 7) is 7.14. The van der Waals surface area contributed by atoms with E-state index in [1.165, 1.54) is 6.92 Å². The molecule has 1 spiro atoms. The lowest BCUT2D eigenvalue weighted by molar-refractivity contribution is -0.135. The first-order chi connectivity index (χ1) is 18.4. The van der Waals surface area contributed by atoms with E-state index in [1.54, 1.807) is 37.9 Å². The summed E-state index contributed by atoms with van der Waals surface area (Å²) in [5.74, 6) is 1.79. The molecule has 0 N–H and O–H groups in total. The molecule has 3 heterocycles. The van der Waals surface area contributed by atoms with Crippen molar-refractivity contribution in [2.24, 2.45) is 5.92 Å². The Kier molecular flexibility index (Phi) is 6.10. The van der Waals surface area contributed by atoms with Gasteiger partial charge in [0.25, 0.3) is 0 Å². The van der Waals surface area contributed by atoms with Crippen LogP contribution in [0.4, 0.5) is 0 Å². The van der Waals surface area contributed by atoms with Crippen LogP contribution in [0.15, 0.2) is 47.8 Å². The van der Waals surface area contributed by atoms with Crippen LogP contribution in [0, 0.1) is 5.92 Å². The van der Waals surface area contributed by atoms with Gasteiger partial charge in [0.15, 0.2) is 11.5 Å². The SMILES string of the molecule is C=CCN1CC[C@]23c4c5c(OC(C)=O)cc(OC)c4O[C@H]2[C@@H](N(C)C(=O)/C=C/c2ccoc2)CC[C@H]3[C@H]1C5. The number of hydrogen-bond acceptors (Lipinski definition) is 7. The summed E-state index contributed by atoms with van der Waals surface area (Å²) < 4.78 is 23.5. The zero-order valence-electron chi connectivity index (χ0n) is 22.1. The van der Waals surface area contributed by atoms with Crippen LogP contribution in [0.25, 0.3) is 6.08 Å². The molecule has 1 saturated heterocycles. The fourth-order valence-electron chi connectivity index (χ4n) is 7.64. The average molecular weight is 519 g/mol. The Hall–Kier alpha value is -3.52. The molecule has 2 bridgehead atoms. The van der Waals surface area contributed by atoms with Gasteiger partial charge in [0.05, 0.1) is 25.7 Å². The molecule has 2 fully saturated rings. The van der Waals surface area contributed by atoms with Gasteiger partial charge in [-0.25, -0.2) is 0 Å². The quantitative estimate of drug-likeness (QED) is 0.237. The topological polar surface area (TPSA) is 81.5 Å². The number of ether oxygens (including phenoxy) is 3. The largest absolute Gasteiger partial charge is 0.493 e. The Morgan fingerprint density at radius 1 is 1.32 bits per heavy atom. The molecule has 5 atom stereocenters. The highest BCUT2D eigenvalue weighted by Crippen LogP contribution is 2.65. The molecule has 2 aromatic rings. The van der Waals surface area contributed by atoms with Crippen molar-refractivity contribution in [3.63, 3.8) is 0 Å². The van der Waals surface area contributed by atoms with Crippen LogP contribution in [-0.4, -0.2) is 67.1 Å². The molecule has 0 radical (unpaired) electrons. The summed E-state index contributed by atoms with van der Waals surface area (Å²) in [4.78, 5) is 29.7. The number of amides is 1. The molecule has 1 aromatic carbocycles. The van der Waals surface area contributed by atoms with Gasteiger partial charge in [0.2, 0.25) is 5.91 Å². The third-order valence-electron chi connectivity index (χ3n) is 9.12. The molecular weight excluding hydrogens is 484 g/mol. The molecule has 2 aliphatic carbocycles. The van der Waals surface area contributed by atoms with Crippen molar-refractivity contribution in [3.05, 3.63) is 60.1 Å². The van der Waals surface area contributed by atoms with Gasteiger partial charge in [-0.05, 0) is 50.3 Å². The van der Waals surface area contributed by atoms with Gasteiger partial charge < -0.3 is 23.5 Å². The minimum atomic E-state index is -0.359. The highest BCUT2D eigenvalue weighted by molar-refractivity contribution is 5.92. The molecule has 1 amide bonds. The first-order valence-corrected chi connectivity index (χ1v) is 13.3. The van der Waals surface area contributed by atoms with Crippen molar-refractivity contribution in [1.29, 1.82) is 0 Å². The number of benzene rings is 1. The molecule has 6 rings (SSSR count). The fraction of sp³-hybridized carbons (Fsp3) is 0.467. The van der Waals surface area contributed by atoms with E-state index < -0.39 is 0 Å². The second-order valence-corrected chi connectivity index (χ2v) is 10.8. The zero-order chi connectivity index (χ0) is 26.6. The summed E-state index contributed by atoms with van der Waals surface area (Å²) >= 11 is 0. The number of piperidine rings is 1. The van der Waals surface area contributed by atoms with Crippen LogP contribution in [0.2, 0.25) is 0 Å². The molecule has 1 saturated carbocycles. The molecule has 200 valence electrons. The normalized spacial score (nSPS) is 28.9. The minimum absolute atomic E-state index is 0.0742. The second-order valence-electron chi connectivity index (χ2n) is 10.8. The lowest BCUT2D eigenvalue weighted by Gasteiger charge is -2.60. The van der Waals surface area contributed by atoms with Crippen LogP contribution in [0.1, 0.15) is 42.9 Å². The van der Waals surface area contributed by atoms with Crippen molar-refractivity contribution in [2.45, 2.75) is 56.2 Å². The van der Waals surface area contributed by atoms with Crippen molar-refractivity contribution >= 4 is 18.0 Å². The van der Waals surface area contributed by atoms with Gasteiger partial charge in [-0.15, -0.1) is 6.58 Å². The first-order valence-electron chi connectivity index (χ1n) is 13.3. The Balaban J connectivity index is 1.44. The molecule has 2 aliphatic heterocycles. The summed E-state index contributed by atoms with van der Waals surface area (Å²) in [7, 11) is 3.48. The number of furan rings is 1. The van der Waals surface area contributed by atoms with E-state index in [0.29, 0.717) is 17.4 Å². The van der Waals surface area contributed by atoms with E-state index in [1.807, 2.05) is 24.1 Å². The molecule has 1 aromatic heterocycles. The maximum Gasteiger partial charge on any atom is 0.308 e. The Morgan fingerprint density at radius 2 is 2.16 bits per heavy atom. The van der Waals surface area contributed by atoms with E-state index in [0.717, 1.165) is 61.2 Å². The van der Waals surface area contributed by atoms with Gasteiger partial charge in [0, 0.05) is 60.8 Å². The van der Waals surface area contributed by atoms with Crippen molar-refractivity contribution in [2.75, 3.05) is 27.2 Å². The first kappa shape index (κ1) is 24.8. The Bertz CT molecular complexity index is 1300. The highest BCUT2D eigenvalue weighted by Gasteiger charge is 2.67. The third-order valence-corrected chi connectivity index (χ3v) is 9.12. The third kappa shape index (κ3) is 3.61. The average Bonchev–Trinajstić information content (AvgIpc) is 3.54. The number of carbonyl (C=O) groups is 2. The highest BCUT2D eigenvalue weighted by atomic mass is 16.5. The van der Waals surface area contributed by atoms with E-state index >= 15 is 0 Å². The molecule has 8 heteroatoms. The Morgan fingerprint density at radius 3 is 2.87 bits per heavy atom. The molecule has 38 heavy (non-hydrogen) atoms. The number of hydrogen-bond donors (Lipinski definition) is 0. The van der Waals surface area contributed by atoms with Crippen molar-refractivity contribution in [3.8, 4) is 17.2 Å².